The van der Waals surface area contributed by atoms with E-state index in [1.54, 1.807) is 6.92 Å². The number of unbranched alkanes of at least 4 members (excludes halogenated alkanes) is 4. The molecule has 0 aliphatic rings. The van der Waals surface area contributed by atoms with E-state index in [1.165, 1.54) is 45.1 Å². The van der Waals surface area contributed by atoms with Gasteiger partial charge in [-0.3, -0.25) is 0 Å². The van der Waals surface area contributed by atoms with Crippen molar-refractivity contribution in [3.05, 3.63) is 95.1 Å². The van der Waals surface area contributed by atoms with Gasteiger partial charge in [-0.1, -0.05) is 89.6 Å². The fraction of sp³-hybridized carbons (Fsp3) is 0.488. The number of ether oxygens (including phenoxy) is 4. The largest absolute Gasteiger partial charge is 0.462 e. The summed E-state index contributed by atoms with van der Waals surface area (Å²) in [4.78, 5) is 50.0. The molecule has 0 atom stereocenters. The van der Waals surface area contributed by atoms with E-state index in [9.17, 15) is 24.3 Å². The number of hydrogen-bond donors (Lipinski definition) is 1. The molecule has 2 aromatic carbocycles. The van der Waals surface area contributed by atoms with Crippen molar-refractivity contribution in [3.63, 3.8) is 0 Å². The lowest BCUT2D eigenvalue weighted by molar-refractivity contribution is -0.152. The van der Waals surface area contributed by atoms with Crippen LogP contribution in [0.2, 0.25) is 0 Å². The third-order valence-electron chi connectivity index (χ3n) is 8.85. The highest BCUT2D eigenvalue weighted by Crippen LogP contribution is 2.31. The number of carbonyl (C=O) groups is 4. The SMILES string of the molecule is C=C(C)C(=O)OCCCc1cc(-c2ccc(CCCCCCC)cc2)c(CC)cc1C(=O)OCCC(CO)(COC(=O)C(=C)C)COC(=O)C(=C)C. The maximum Gasteiger partial charge on any atom is 0.338 e. The van der Waals surface area contributed by atoms with Crippen LogP contribution in [-0.4, -0.2) is 62.0 Å². The highest BCUT2D eigenvalue weighted by atomic mass is 16.6. The van der Waals surface area contributed by atoms with E-state index >= 15 is 0 Å². The number of rotatable bonds is 24. The van der Waals surface area contributed by atoms with E-state index in [2.05, 4.69) is 50.9 Å². The normalized spacial score (nSPS) is 11.0. The van der Waals surface area contributed by atoms with Gasteiger partial charge in [0.05, 0.1) is 30.8 Å². The Morgan fingerprint density at radius 1 is 0.673 bits per heavy atom. The van der Waals surface area contributed by atoms with Crippen LogP contribution in [0.5, 0.6) is 0 Å². The molecule has 52 heavy (non-hydrogen) atoms. The Balaban J connectivity index is 2.35. The Bertz CT molecular complexity index is 1520. The molecule has 0 saturated heterocycles. The molecule has 0 heterocycles. The Kier molecular flexibility index (Phi) is 18.8. The first-order chi connectivity index (χ1) is 24.8. The van der Waals surface area contributed by atoms with Crippen molar-refractivity contribution in [2.75, 3.05) is 33.0 Å². The lowest BCUT2D eigenvalue weighted by Gasteiger charge is -2.30. The van der Waals surface area contributed by atoms with E-state index in [1.807, 2.05) is 19.1 Å². The molecule has 0 amide bonds. The molecule has 1 N–H and O–H groups in total. The molecule has 2 aromatic rings. The van der Waals surface area contributed by atoms with E-state index in [4.69, 9.17) is 18.9 Å². The zero-order valence-corrected chi connectivity index (χ0v) is 31.9. The molecule has 0 aromatic heterocycles. The minimum Gasteiger partial charge on any atom is -0.462 e. The molecule has 0 radical (unpaired) electrons. The molecule has 0 bridgehead atoms. The Morgan fingerprint density at radius 2 is 1.25 bits per heavy atom. The average Bonchev–Trinajstić information content (AvgIpc) is 3.13. The first-order valence-electron chi connectivity index (χ1n) is 18.3. The highest BCUT2D eigenvalue weighted by molar-refractivity contribution is 5.93. The summed E-state index contributed by atoms with van der Waals surface area (Å²) in [6, 6.07) is 12.5. The van der Waals surface area contributed by atoms with Crippen LogP contribution in [-0.2, 0) is 52.6 Å². The summed E-state index contributed by atoms with van der Waals surface area (Å²) in [5.41, 5.74) is 4.85. The summed E-state index contributed by atoms with van der Waals surface area (Å²) in [5, 5.41) is 10.4. The zero-order chi connectivity index (χ0) is 38.7. The van der Waals surface area contributed by atoms with Gasteiger partial charge in [-0.25, -0.2) is 19.2 Å². The maximum atomic E-state index is 13.7. The van der Waals surface area contributed by atoms with Gasteiger partial charge in [0.25, 0.3) is 0 Å². The van der Waals surface area contributed by atoms with Crippen molar-refractivity contribution in [3.8, 4) is 11.1 Å². The van der Waals surface area contributed by atoms with Crippen LogP contribution < -0.4 is 0 Å². The fourth-order valence-corrected chi connectivity index (χ4v) is 5.46. The van der Waals surface area contributed by atoms with Gasteiger partial charge < -0.3 is 24.1 Å². The first-order valence-corrected chi connectivity index (χ1v) is 18.3. The second-order valence-electron chi connectivity index (χ2n) is 13.7. The number of aliphatic hydroxyl groups excluding tert-OH is 1. The smallest absolute Gasteiger partial charge is 0.338 e. The third-order valence-corrected chi connectivity index (χ3v) is 8.85. The molecule has 0 aliphatic heterocycles. The van der Waals surface area contributed by atoms with Crippen molar-refractivity contribution in [1.29, 1.82) is 0 Å². The van der Waals surface area contributed by atoms with Crippen LogP contribution in [0.15, 0.2) is 72.9 Å². The summed E-state index contributed by atoms with van der Waals surface area (Å²) in [5.74, 6) is -2.37. The van der Waals surface area contributed by atoms with Crippen molar-refractivity contribution in [2.45, 2.75) is 98.8 Å². The second-order valence-corrected chi connectivity index (χ2v) is 13.7. The highest BCUT2D eigenvalue weighted by Gasteiger charge is 2.34. The minimum atomic E-state index is -1.24. The van der Waals surface area contributed by atoms with Gasteiger partial charge in [0.2, 0.25) is 0 Å². The summed E-state index contributed by atoms with van der Waals surface area (Å²) in [6.45, 7) is 18.5. The topological polar surface area (TPSA) is 125 Å². The Morgan fingerprint density at radius 3 is 1.79 bits per heavy atom. The minimum absolute atomic E-state index is 0.0258. The van der Waals surface area contributed by atoms with Crippen LogP contribution in [0, 0.1) is 5.41 Å². The molecule has 2 rings (SSSR count). The van der Waals surface area contributed by atoms with Crippen molar-refractivity contribution in [1.82, 2.24) is 0 Å². The van der Waals surface area contributed by atoms with E-state index in [-0.39, 0.29) is 44.0 Å². The van der Waals surface area contributed by atoms with Gasteiger partial charge in [0.15, 0.2) is 0 Å². The van der Waals surface area contributed by atoms with E-state index in [0.29, 0.717) is 30.4 Å². The van der Waals surface area contributed by atoms with Crippen LogP contribution >= 0.6 is 0 Å². The first kappa shape index (κ1) is 43.7. The summed E-state index contributed by atoms with van der Waals surface area (Å²) in [7, 11) is 0. The van der Waals surface area contributed by atoms with Crippen LogP contribution in [0.1, 0.15) is 107 Å². The van der Waals surface area contributed by atoms with E-state index < -0.39 is 35.9 Å². The van der Waals surface area contributed by atoms with Gasteiger partial charge in [-0.2, -0.15) is 0 Å². The molecule has 0 fully saturated rings. The molecule has 284 valence electrons. The summed E-state index contributed by atoms with van der Waals surface area (Å²) < 4.78 is 21.8. The second kappa shape index (κ2) is 22.4. The number of benzene rings is 2. The fourth-order valence-electron chi connectivity index (χ4n) is 5.46. The van der Waals surface area contributed by atoms with Gasteiger partial charge in [0, 0.05) is 16.7 Å². The maximum absolute atomic E-state index is 13.7. The molecular formula is C43H58O9. The zero-order valence-electron chi connectivity index (χ0n) is 31.9. The lowest BCUT2D eigenvalue weighted by atomic mass is 9.87. The van der Waals surface area contributed by atoms with Crippen LogP contribution in [0.25, 0.3) is 11.1 Å². The molecule has 0 unspecified atom stereocenters. The van der Waals surface area contributed by atoms with Gasteiger partial charge in [0.1, 0.15) is 13.2 Å². The molecule has 0 aliphatic carbocycles. The monoisotopic (exact) mass is 718 g/mol. The summed E-state index contributed by atoms with van der Waals surface area (Å²) in [6.07, 6.45) is 8.78. The quantitative estimate of drug-likeness (QED) is 0.0494. The lowest BCUT2D eigenvalue weighted by Crippen LogP contribution is -2.39. The summed E-state index contributed by atoms with van der Waals surface area (Å²) >= 11 is 0. The van der Waals surface area contributed by atoms with Crippen LogP contribution in [0.4, 0.5) is 0 Å². The standard InChI is InChI=1S/C43H58O9/c1-9-11-12-13-14-16-33-18-20-35(21-19-33)37-26-36(17-15-23-49-39(45)30(3)4)38(25-34(37)10-2)42(48)50-24-22-43(27-44,28-51-40(46)31(5)6)29-52-41(47)32(7)8/h18-21,25-26,44H,3,5,7,9-17,22-24,27-29H2,1-2,4,6,8H3. The number of hydrogen-bond acceptors (Lipinski definition) is 9. The Hall–Kier alpha value is -4.50. The van der Waals surface area contributed by atoms with Gasteiger partial charge in [-0.15, -0.1) is 0 Å². The van der Waals surface area contributed by atoms with Gasteiger partial charge in [-0.05, 0) is 93.2 Å². The Labute approximate surface area is 310 Å². The molecule has 9 nitrogen and oxygen atoms in total. The van der Waals surface area contributed by atoms with Gasteiger partial charge >= 0.3 is 23.9 Å². The average molecular weight is 719 g/mol. The molecular weight excluding hydrogens is 660 g/mol. The van der Waals surface area contributed by atoms with Crippen LogP contribution in [0.3, 0.4) is 0 Å². The number of carbonyl (C=O) groups excluding carboxylic acids is 4. The van der Waals surface area contributed by atoms with Crippen molar-refractivity contribution < 1.29 is 43.2 Å². The van der Waals surface area contributed by atoms with Crippen molar-refractivity contribution >= 4 is 23.9 Å². The third kappa shape index (κ3) is 14.3. The van der Waals surface area contributed by atoms with Crippen molar-refractivity contribution in [2.24, 2.45) is 5.41 Å². The van der Waals surface area contributed by atoms with E-state index in [0.717, 1.165) is 35.1 Å². The number of aliphatic hydroxyl groups is 1. The number of esters is 4. The predicted octanol–water partition coefficient (Wildman–Crippen LogP) is 8.25. The molecule has 0 saturated carbocycles. The molecule has 0 spiro atoms. The predicted molar refractivity (Wildman–Crippen MR) is 204 cm³/mol. The molecule has 9 heteroatoms. The number of aryl methyl sites for hydroxylation is 3.